The van der Waals surface area contributed by atoms with Gasteiger partial charge in [-0.1, -0.05) is 32.6 Å². The van der Waals surface area contributed by atoms with Gasteiger partial charge in [-0.15, -0.1) is 0 Å². The fourth-order valence-electron chi connectivity index (χ4n) is 1.11. The van der Waals surface area contributed by atoms with E-state index in [0.29, 0.717) is 6.42 Å². The predicted molar refractivity (Wildman–Crippen MR) is 50.9 cm³/mol. The van der Waals surface area contributed by atoms with Gasteiger partial charge in [-0.05, 0) is 13.3 Å². The van der Waals surface area contributed by atoms with Crippen LogP contribution in [-0.2, 0) is 14.6 Å². The largest absolute Gasteiger partial charge is 0.397 e. The quantitative estimate of drug-likeness (QED) is 0.516. The van der Waals surface area contributed by atoms with Crippen LogP contribution in [0.4, 0.5) is 0 Å². The van der Waals surface area contributed by atoms with E-state index >= 15 is 0 Å². The molecule has 1 unspecified atom stereocenters. The summed E-state index contributed by atoms with van der Waals surface area (Å²) in [6, 6.07) is 0. The molecule has 0 rings (SSSR count). The molecule has 13 heavy (non-hydrogen) atoms. The van der Waals surface area contributed by atoms with Crippen molar-refractivity contribution in [2.24, 2.45) is 0 Å². The Morgan fingerprint density at radius 1 is 1.31 bits per heavy atom. The summed E-state index contributed by atoms with van der Waals surface area (Å²) in [6.45, 7) is 3.75. The third kappa shape index (κ3) is 9.79. The molecule has 0 aromatic rings. The number of unbranched alkanes of at least 4 members (excludes halogenated alkanes) is 3. The van der Waals surface area contributed by atoms with Crippen molar-refractivity contribution < 1.29 is 17.2 Å². The second kappa shape index (κ2) is 6.34. The van der Waals surface area contributed by atoms with Gasteiger partial charge in [0.1, 0.15) is 0 Å². The molecule has 0 aliphatic rings. The number of hydrogen-bond donors (Lipinski definition) is 1. The monoisotopic (exact) mass is 210 g/mol. The molecule has 0 bridgehead atoms. The van der Waals surface area contributed by atoms with Gasteiger partial charge in [0.2, 0.25) is 0 Å². The molecule has 80 valence electrons. The molecule has 0 aliphatic heterocycles. The van der Waals surface area contributed by atoms with Crippen molar-refractivity contribution in [1.29, 1.82) is 0 Å². The van der Waals surface area contributed by atoms with Gasteiger partial charge in [0.25, 0.3) is 0 Å². The van der Waals surface area contributed by atoms with Crippen molar-refractivity contribution in [3.63, 3.8) is 0 Å². The highest BCUT2D eigenvalue weighted by Gasteiger charge is 2.11. The molecule has 0 fully saturated rings. The first-order chi connectivity index (χ1) is 5.95. The molecule has 0 saturated heterocycles. The van der Waals surface area contributed by atoms with E-state index in [4.69, 9.17) is 4.55 Å². The van der Waals surface area contributed by atoms with Gasteiger partial charge < -0.3 is 0 Å². The van der Waals surface area contributed by atoms with Crippen LogP contribution < -0.4 is 0 Å². The summed E-state index contributed by atoms with van der Waals surface area (Å²) in [5.41, 5.74) is 0. The number of rotatable bonds is 7. The minimum Gasteiger partial charge on any atom is -0.264 e. The van der Waals surface area contributed by atoms with Crippen molar-refractivity contribution in [3.8, 4) is 0 Å². The second-order valence-electron chi connectivity index (χ2n) is 3.18. The zero-order valence-electron chi connectivity index (χ0n) is 8.19. The van der Waals surface area contributed by atoms with E-state index in [9.17, 15) is 8.42 Å². The Kier molecular flexibility index (Phi) is 6.28. The molecular weight excluding hydrogens is 192 g/mol. The van der Waals surface area contributed by atoms with Gasteiger partial charge in [-0.25, -0.2) is 4.18 Å². The first-order valence-corrected chi connectivity index (χ1v) is 5.98. The highest BCUT2D eigenvalue weighted by molar-refractivity contribution is 7.80. The zero-order chi connectivity index (χ0) is 10.3. The van der Waals surface area contributed by atoms with Crippen LogP contribution in [0.2, 0.25) is 0 Å². The molecule has 5 heteroatoms. The highest BCUT2D eigenvalue weighted by Crippen LogP contribution is 2.09. The normalized spacial score (nSPS) is 14.4. The van der Waals surface area contributed by atoms with Crippen LogP contribution in [0.3, 0.4) is 0 Å². The molecule has 0 aromatic carbocycles. The predicted octanol–water partition coefficient (Wildman–Crippen LogP) is 2.16. The summed E-state index contributed by atoms with van der Waals surface area (Å²) in [6.07, 6.45) is 4.55. The lowest BCUT2D eigenvalue weighted by Crippen LogP contribution is -2.14. The zero-order valence-corrected chi connectivity index (χ0v) is 9.01. The smallest absolute Gasteiger partial charge is 0.264 e. The fourth-order valence-corrected chi connectivity index (χ4v) is 1.63. The van der Waals surface area contributed by atoms with Crippen LogP contribution in [0.5, 0.6) is 0 Å². The fraction of sp³-hybridized carbons (Fsp3) is 1.00. The SMILES string of the molecule is CCCCCCC(C)OS(=O)(=O)O. The van der Waals surface area contributed by atoms with Gasteiger partial charge >= 0.3 is 10.4 Å². The Morgan fingerprint density at radius 2 is 1.92 bits per heavy atom. The van der Waals surface area contributed by atoms with Gasteiger partial charge in [0.15, 0.2) is 0 Å². The van der Waals surface area contributed by atoms with Crippen LogP contribution in [0.15, 0.2) is 0 Å². The molecule has 0 aliphatic carbocycles. The summed E-state index contributed by atoms with van der Waals surface area (Å²) >= 11 is 0. The molecule has 0 heterocycles. The molecule has 0 radical (unpaired) electrons. The van der Waals surface area contributed by atoms with E-state index in [1.807, 2.05) is 0 Å². The van der Waals surface area contributed by atoms with Gasteiger partial charge in [0, 0.05) is 0 Å². The summed E-state index contributed by atoms with van der Waals surface area (Å²) in [5, 5.41) is 0. The Balaban J connectivity index is 3.47. The third-order valence-electron chi connectivity index (χ3n) is 1.75. The molecule has 1 atom stereocenters. The third-order valence-corrected chi connectivity index (χ3v) is 2.32. The molecule has 0 saturated carbocycles. The van der Waals surface area contributed by atoms with Crippen molar-refractivity contribution in [1.82, 2.24) is 0 Å². The minimum absolute atomic E-state index is 0.424. The number of hydrogen-bond acceptors (Lipinski definition) is 3. The Labute approximate surface area is 80.2 Å². The molecular formula is C8H18O4S. The van der Waals surface area contributed by atoms with Crippen LogP contribution in [-0.4, -0.2) is 19.1 Å². The maximum Gasteiger partial charge on any atom is 0.397 e. The van der Waals surface area contributed by atoms with Crippen LogP contribution >= 0.6 is 0 Å². The standard InChI is InChI=1S/C8H18O4S/c1-3-4-5-6-7-8(2)12-13(9,10)11/h8H,3-7H2,1-2H3,(H,9,10,11). The van der Waals surface area contributed by atoms with Crippen molar-refractivity contribution in [3.05, 3.63) is 0 Å². The summed E-state index contributed by atoms with van der Waals surface area (Å²) in [5.74, 6) is 0. The molecule has 0 spiro atoms. The van der Waals surface area contributed by atoms with E-state index < -0.39 is 16.5 Å². The average Bonchev–Trinajstić information content (AvgIpc) is 1.94. The topological polar surface area (TPSA) is 63.6 Å². The summed E-state index contributed by atoms with van der Waals surface area (Å²) in [7, 11) is -4.27. The second-order valence-corrected chi connectivity index (χ2v) is 4.23. The van der Waals surface area contributed by atoms with Crippen molar-refractivity contribution >= 4 is 10.4 Å². The summed E-state index contributed by atoms with van der Waals surface area (Å²) < 4.78 is 33.2. The molecule has 1 N–H and O–H groups in total. The van der Waals surface area contributed by atoms with Gasteiger partial charge in [-0.3, -0.25) is 4.55 Å². The van der Waals surface area contributed by atoms with E-state index in [0.717, 1.165) is 25.7 Å². The van der Waals surface area contributed by atoms with Crippen LogP contribution in [0.1, 0.15) is 46.0 Å². The first-order valence-electron chi connectivity index (χ1n) is 4.61. The van der Waals surface area contributed by atoms with Gasteiger partial charge in [0.05, 0.1) is 6.10 Å². The van der Waals surface area contributed by atoms with Crippen LogP contribution in [0, 0.1) is 0 Å². The first kappa shape index (κ1) is 12.9. The molecule has 0 amide bonds. The lowest BCUT2D eigenvalue weighted by molar-refractivity contribution is 0.185. The lowest BCUT2D eigenvalue weighted by atomic mass is 10.1. The average molecular weight is 210 g/mol. The molecule has 4 nitrogen and oxygen atoms in total. The Hall–Kier alpha value is -0.130. The maximum atomic E-state index is 10.3. The molecule has 0 aromatic heterocycles. The lowest BCUT2D eigenvalue weighted by Gasteiger charge is -2.08. The summed E-state index contributed by atoms with van der Waals surface area (Å²) in [4.78, 5) is 0. The van der Waals surface area contributed by atoms with E-state index in [-0.39, 0.29) is 0 Å². The van der Waals surface area contributed by atoms with E-state index in [1.54, 1.807) is 6.92 Å². The van der Waals surface area contributed by atoms with Crippen molar-refractivity contribution in [2.45, 2.75) is 52.1 Å². The maximum absolute atomic E-state index is 10.3. The van der Waals surface area contributed by atoms with Crippen LogP contribution in [0.25, 0.3) is 0 Å². The van der Waals surface area contributed by atoms with E-state index in [2.05, 4.69) is 11.1 Å². The Bertz CT molecular complexity index is 210. The highest BCUT2D eigenvalue weighted by atomic mass is 32.3. The Morgan fingerprint density at radius 3 is 2.38 bits per heavy atom. The van der Waals surface area contributed by atoms with Crippen molar-refractivity contribution in [2.75, 3.05) is 0 Å². The van der Waals surface area contributed by atoms with E-state index in [1.165, 1.54) is 0 Å². The minimum atomic E-state index is -4.27. The van der Waals surface area contributed by atoms with Gasteiger partial charge in [-0.2, -0.15) is 8.42 Å².